The number of nitrogens with one attached hydrogen (secondary N) is 1. The Morgan fingerprint density at radius 3 is 2.16 bits per heavy atom. The average molecular weight is 517 g/mol. The highest BCUT2D eigenvalue weighted by atomic mass is 32.2. The molecule has 37 heavy (non-hydrogen) atoms. The Hall–Kier alpha value is -3.75. The second-order valence-electron chi connectivity index (χ2n) is 9.08. The molecule has 7 nitrogen and oxygen atoms in total. The molecule has 3 aromatic carbocycles. The zero-order chi connectivity index (χ0) is 26.4. The molecule has 1 heterocycles. The van der Waals surface area contributed by atoms with Crippen LogP contribution in [0.2, 0.25) is 0 Å². The molecule has 0 aliphatic heterocycles. The highest BCUT2D eigenvalue weighted by Crippen LogP contribution is 2.25. The van der Waals surface area contributed by atoms with Crippen molar-refractivity contribution in [3.63, 3.8) is 0 Å². The van der Waals surface area contributed by atoms with Gasteiger partial charge in [-0.25, -0.2) is 13.1 Å². The number of aromatic nitrogens is 2. The lowest BCUT2D eigenvalue weighted by Crippen LogP contribution is -2.38. The molecule has 1 amide bonds. The van der Waals surface area contributed by atoms with Gasteiger partial charge in [0.2, 0.25) is 15.9 Å². The average Bonchev–Trinajstić information content (AvgIpc) is 3.31. The minimum atomic E-state index is -3.83. The number of aryl methyl sites for hydroxylation is 2. The molecule has 0 spiro atoms. The molecule has 0 unspecified atom stereocenters. The maximum atomic E-state index is 13.4. The van der Waals surface area contributed by atoms with E-state index in [0.29, 0.717) is 17.9 Å². The van der Waals surface area contributed by atoms with Crippen LogP contribution in [0, 0.1) is 13.8 Å². The van der Waals surface area contributed by atoms with E-state index in [-0.39, 0.29) is 18.0 Å². The van der Waals surface area contributed by atoms with Gasteiger partial charge in [-0.1, -0.05) is 79.1 Å². The normalized spacial score (nSPS) is 11.6. The summed E-state index contributed by atoms with van der Waals surface area (Å²) >= 11 is 0. The summed E-state index contributed by atoms with van der Waals surface area (Å²) in [4.78, 5) is 13.4. The molecule has 0 saturated heterocycles. The minimum absolute atomic E-state index is 0.179. The van der Waals surface area contributed by atoms with Crippen LogP contribution in [-0.2, 0) is 14.8 Å². The summed E-state index contributed by atoms with van der Waals surface area (Å²) < 4.78 is 29.7. The van der Waals surface area contributed by atoms with Crippen LogP contribution in [0.25, 0.3) is 16.9 Å². The fraction of sp³-hybridized carbons (Fsp3) is 0.241. The summed E-state index contributed by atoms with van der Waals surface area (Å²) in [6, 6.07) is 26.0. The van der Waals surface area contributed by atoms with Crippen LogP contribution in [0.4, 0.5) is 5.82 Å². The number of rotatable bonds is 10. The molecule has 192 valence electrons. The van der Waals surface area contributed by atoms with Crippen molar-refractivity contribution in [2.75, 3.05) is 18.4 Å². The fourth-order valence-electron chi connectivity index (χ4n) is 3.92. The molecular weight excluding hydrogens is 484 g/mol. The molecular formula is C29H32N4O3S. The van der Waals surface area contributed by atoms with E-state index in [0.717, 1.165) is 28.8 Å². The lowest BCUT2D eigenvalue weighted by Gasteiger charge is -2.22. The lowest BCUT2D eigenvalue weighted by atomic mass is 10.1. The molecule has 0 atom stereocenters. The molecule has 1 aromatic heterocycles. The van der Waals surface area contributed by atoms with Gasteiger partial charge in [0.05, 0.1) is 22.8 Å². The van der Waals surface area contributed by atoms with Crippen LogP contribution in [0.15, 0.2) is 89.8 Å². The van der Waals surface area contributed by atoms with Crippen molar-refractivity contribution in [1.29, 1.82) is 0 Å². The number of hydrogen-bond acceptors (Lipinski definition) is 4. The van der Waals surface area contributed by atoms with E-state index in [2.05, 4.69) is 5.32 Å². The van der Waals surface area contributed by atoms with Crippen LogP contribution >= 0.6 is 0 Å². The number of anilines is 1. The second-order valence-corrected chi connectivity index (χ2v) is 11.0. The monoisotopic (exact) mass is 516 g/mol. The molecule has 0 fully saturated rings. The Bertz CT molecular complexity index is 1450. The van der Waals surface area contributed by atoms with Crippen LogP contribution in [-0.4, -0.2) is 41.5 Å². The first kappa shape index (κ1) is 26.3. The van der Waals surface area contributed by atoms with Gasteiger partial charge in [0.15, 0.2) is 0 Å². The van der Waals surface area contributed by atoms with E-state index in [1.165, 1.54) is 4.31 Å². The van der Waals surface area contributed by atoms with Crippen molar-refractivity contribution in [3.05, 3.63) is 96.1 Å². The van der Waals surface area contributed by atoms with Crippen molar-refractivity contribution >= 4 is 21.7 Å². The van der Waals surface area contributed by atoms with Crippen LogP contribution in [0.1, 0.15) is 30.9 Å². The van der Waals surface area contributed by atoms with E-state index in [1.54, 1.807) is 35.0 Å². The molecule has 0 saturated carbocycles. The third kappa shape index (κ3) is 6.34. The lowest BCUT2D eigenvalue weighted by molar-refractivity contribution is -0.116. The predicted molar refractivity (Wildman–Crippen MR) is 147 cm³/mol. The molecule has 4 aromatic rings. The van der Waals surface area contributed by atoms with Crippen LogP contribution < -0.4 is 5.32 Å². The third-order valence-corrected chi connectivity index (χ3v) is 7.92. The number of hydrogen-bond donors (Lipinski definition) is 1. The van der Waals surface area contributed by atoms with Gasteiger partial charge in [0, 0.05) is 18.2 Å². The van der Waals surface area contributed by atoms with Gasteiger partial charge < -0.3 is 5.32 Å². The summed E-state index contributed by atoms with van der Waals surface area (Å²) in [5.41, 5.74) is 4.48. The molecule has 1 N–H and O–H groups in total. The standard InChI is InChI=1S/C29H32N4O3S/c1-4-5-19-32(37(35,36)26-17-13-23(3)14-18-26)21-29(34)30-28-20-27(24-9-7-6-8-10-24)31-33(28)25-15-11-22(2)12-16-25/h6-18,20H,4-5,19,21H2,1-3H3,(H,30,34). The van der Waals surface area contributed by atoms with Gasteiger partial charge in [-0.15, -0.1) is 0 Å². The summed E-state index contributed by atoms with van der Waals surface area (Å²) in [5.74, 6) is 0.0375. The number of nitrogens with zero attached hydrogens (tertiary/aromatic N) is 3. The maximum absolute atomic E-state index is 13.4. The van der Waals surface area contributed by atoms with E-state index in [4.69, 9.17) is 5.10 Å². The van der Waals surface area contributed by atoms with Crippen LogP contribution in [0.5, 0.6) is 0 Å². The highest BCUT2D eigenvalue weighted by molar-refractivity contribution is 7.89. The minimum Gasteiger partial charge on any atom is -0.309 e. The third-order valence-electron chi connectivity index (χ3n) is 6.06. The van der Waals surface area contributed by atoms with Gasteiger partial charge in [0.25, 0.3) is 0 Å². The van der Waals surface area contributed by atoms with E-state index >= 15 is 0 Å². The summed E-state index contributed by atoms with van der Waals surface area (Å²) in [7, 11) is -3.83. The molecule has 0 aliphatic rings. The number of unbranched alkanes of at least 4 members (excludes halogenated alkanes) is 1. The molecule has 0 bridgehead atoms. The smallest absolute Gasteiger partial charge is 0.243 e. The maximum Gasteiger partial charge on any atom is 0.243 e. The quantitative estimate of drug-likeness (QED) is 0.298. The van der Waals surface area contributed by atoms with Crippen molar-refractivity contribution < 1.29 is 13.2 Å². The van der Waals surface area contributed by atoms with E-state index < -0.39 is 15.9 Å². The van der Waals surface area contributed by atoms with Gasteiger partial charge in [-0.3, -0.25) is 4.79 Å². The Kier molecular flexibility index (Phi) is 8.21. The number of carbonyl (C=O) groups excluding carboxylic acids is 1. The highest BCUT2D eigenvalue weighted by Gasteiger charge is 2.27. The summed E-state index contributed by atoms with van der Waals surface area (Å²) in [6.07, 6.45) is 1.46. The first-order chi connectivity index (χ1) is 17.8. The Balaban J connectivity index is 1.63. The van der Waals surface area contributed by atoms with Gasteiger partial charge in [-0.05, 0) is 44.5 Å². The number of sulfonamides is 1. The molecule has 8 heteroatoms. The van der Waals surface area contributed by atoms with Gasteiger partial charge in [0.1, 0.15) is 5.82 Å². The topological polar surface area (TPSA) is 84.3 Å². The number of carbonyl (C=O) groups is 1. The Morgan fingerprint density at radius 2 is 1.54 bits per heavy atom. The Labute approximate surface area is 218 Å². The van der Waals surface area contributed by atoms with Crippen molar-refractivity contribution in [3.8, 4) is 16.9 Å². The number of benzene rings is 3. The molecule has 4 rings (SSSR count). The summed E-state index contributed by atoms with van der Waals surface area (Å²) in [6.45, 7) is 5.86. The second kappa shape index (κ2) is 11.5. The predicted octanol–water partition coefficient (Wildman–Crippen LogP) is 5.59. The zero-order valence-corrected chi connectivity index (χ0v) is 22.2. The Morgan fingerprint density at radius 1 is 0.919 bits per heavy atom. The van der Waals surface area contributed by atoms with Gasteiger partial charge >= 0.3 is 0 Å². The number of amides is 1. The van der Waals surface area contributed by atoms with E-state index in [9.17, 15) is 13.2 Å². The van der Waals surface area contributed by atoms with Gasteiger partial charge in [-0.2, -0.15) is 9.40 Å². The van der Waals surface area contributed by atoms with Crippen LogP contribution in [0.3, 0.4) is 0 Å². The SMILES string of the molecule is CCCCN(CC(=O)Nc1cc(-c2ccccc2)nn1-c1ccc(C)cc1)S(=O)(=O)c1ccc(C)cc1. The van der Waals surface area contributed by atoms with Crippen molar-refractivity contribution in [2.45, 2.75) is 38.5 Å². The summed E-state index contributed by atoms with van der Waals surface area (Å²) in [5, 5.41) is 7.65. The molecule has 0 radical (unpaired) electrons. The van der Waals surface area contributed by atoms with Crippen molar-refractivity contribution in [1.82, 2.24) is 14.1 Å². The largest absolute Gasteiger partial charge is 0.309 e. The fourth-order valence-corrected chi connectivity index (χ4v) is 5.36. The van der Waals surface area contributed by atoms with Crippen molar-refractivity contribution in [2.24, 2.45) is 0 Å². The molecule has 0 aliphatic carbocycles. The zero-order valence-electron chi connectivity index (χ0n) is 21.4. The first-order valence-corrected chi connectivity index (χ1v) is 13.8. The van der Waals surface area contributed by atoms with E-state index in [1.807, 2.05) is 75.4 Å². The first-order valence-electron chi connectivity index (χ1n) is 12.4.